The van der Waals surface area contributed by atoms with Crippen molar-refractivity contribution in [2.75, 3.05) is 39.2 Å². The van der Waals surface area contributed by atoms with Crippen LogP contribution in [0.5, 0.6) is 5.75 Å². The lowest BCUT2D eigenvalue weighted by molar-refractivity contribution is 0.0930. The average molecular weight is 430 g/mol. The maximum absolute atomic E-state index is 13.4. The molecule has 5 heteroatoms. The van der Waals surface area contributed by atoms with Crippen LogP contribution in [0.2, 0.25) is 0 Å². The summed E-state index contributed by atoms with van der Waals surface area (Å²) in [5.41, 5.74) is 3.76. The number of hydrogen-bond donors (Lipinski definition) is 1. The van der Waals surface area contributed by atoms with Crippen molar-refractivity contribution in [3.05, 3.63) is 71.3 Å². The van der Waals surface area contributed by atoms with Crippen LogP contribution in [-0.2, 0) is 5.54 Å². The molecule has 0 spiro atoms. The lowest BCUT2D eigenvalue weighted by Gasteiger charge is -2.44. The maximum atomic E-state index is 13.4. The molecule has 2 aliphatic rings. The number of methoxy groups -OCH3 is 1. The highest BCUT2D eigenvalue weighted by atomic mass is 16.5. The van der Waals surface area contributed by atoms with Gasteiger partial charge >= 0.3 is 0 Å². The van der Waals surface area contributed by atoms with Crippen molar-refractivity contribution in [3.8, 4) is 5.75 Å². The van der Waals surface area contributed by atoms with Gasteiger partial charge in [0.1, 0.15) is 5.75 Å². The molecular weight excluding hydrogens is 398 g/mol. The predicted molar refractivity (Wildman–Crippen MR) is 130 cm³/mol. The SMILES string of the molecule is COc1cccc2c(C3(NC(=O)c4cc(N5CC(N(C)C)C5)ccc4C)CC3)cccc12. The van der Waals surface area contributed by atoms with Crippen LogP contribution < -0.4 is 15.0 Å². The Morgan fingerprint density at radius 1 is 1.06 bits per heavy atom. The Morgan fingerprint density at radius 3 is 2.47 bits per heavy atom. The molecule has 0 aromatic heterocycles. The van der Waals surface area contributed by atoms with E-state index in [-0.39, 0.29) is 11.4 Å². The molecule has 1 heterocycles. The van der Waals surface area contributed by atoms with Crippen molar-refractivity contribution >= 4 is 22.4 Å². The maximum Gasteiger partial charge on any atom is 0.252 e. The van der Waals surface area contributed by atoms with Crippen molar-refractivity contribution in [2.45, 2.75) is 31.3 Å². The van der Waals surface area contributed by atoms with Crippen LogP contribution in [0.1, 0.15) is 34.3 Å². The number of carbonyl (C=O) groups excluding carboxylic acids is 1. The molecule has 1 aliphatic heterocycles. The number of fused-ring (bicyclic) bond motifs is 1. The summed E-state index contributed by atoms with van der Waals surface area (Å²) in [7, 11) is 5.94. The summed E-state index contributed by atoms with van der Waals surface area (Å²) >= 11 is 0. The molecule has 32 heavy (non-hydrogen) atoms. The Hall–Kier alpha value is -3.05. The van der Waals surface area contributed by atoms with Crippen molar-refractivity contribution in [1.29, 1.82) is 0 Å². The number of ether oxygens (including phenoxy) is 1. The first kappa shape index (κ1) is 20.8. The summed E-state index contributed by atoms with van der Waals surface area (Å²) in [5.74, 6) is 0.868. The largest absolute Gasteiger partial charge is 0.496 e. The molecule has 5 rings (SSSR count). The van der Waals surface area contributed by atoms with E-state index < -0.39 is 0 Å². The van der Waals surface area contributed by atoms with E-state index in [1.165, 1.54) is 5.56 Å². The lowest BCUT2D eigenvalue weighted by Crippen LogP contribution is -2.57. The van der Waals surface area contributed by atoms with Gasteiger partial charge in [-0.25, -0.2) is 0 Å². The van der Waals surface area contributed by atoms with Gasteiger partial charge in [-0.2, -0.15) is 0 Å². The Labute approximate surface area is 190 Å². The van der Waals surface area contributed by atoms with Crippen LogP contribution in [0.25, 0.3) is 10.8 Å². The molecule has 2 fully saturated rings. The lowest BCUT2D eigenvalue weighted by atomic mass is 9.95. The third kappa shape index (κ3) is 3.51. The molecule has 0 bridgehead atoms. The fourth-order valence-electron chi connectivity index (χ4n) is 4.79. The second-order valence-corrected chi connectivity index (χ2v) is 9.42. The highest BCUT2D eigenvalue weighted by Crippen LogP contribution is 2.49. The number of anilines is 1. The topological polar surface area (TPSA) is 44.8 Å². The molecule has 1 saturated carbocycles. The second kappa shape index (κ2) is 7.82. The molecule has 0 atom stereocenters. The van der Waals surface area contributed by atoms with E-state index >= 15 is 0 Å². The summed E-state index contributed by atoms with van der Waals surface area (Å²) in [6, 6.07) is 19.2. The number of rotatable bonds is 6. The quantitative estimate of drug-likeness (QED) is 0.634. The number of amides is 1. The van der Waals surface area contributed by atoms with E-state index in [2.05, 4.69) is 71.7 Å². The van der Waals surface area contributed by atoms with E-state index in [1.54, 1.807) is 7.11 Å². The zero-order valence-electron chi connectivity index (χ0n) is 19.3. The highest BCUT2D eigenvalue weighted by Gasteiger charge is 2.47. The number of likely N-dealkylation sites (N-methyl/N-ethyl adjacent to an activating group) is 1. The van der Waals surface area contributed by atoms with Crippen LogP contribution in [0.4, 0.5) is 5.69 Å². The van der Waals surface area contributed by atoms with Gasteiger partial charge < -0.3 is 19.9 Å². The molecule has 1 aliphatic carbocycles. The first-order valence-electron chi connectivity index (χ1n) is 11.3. The van der Waals surface area contributed by atoms with Gasteiger partial charge in [0.05, 0.1) is 12.6 Å². The van der Waals surface area contributed by atoms with Crippen molar-refractivity contribution in [3.63, 3.8) is 0 Å². The van der Waals surface area contributed by atoms with Gasteiger partial charge in [0.2, 0.25) is 0 Å². The first-order chi connectivity index (χ1) is 15.4. The van der Waals surface area contributed by atoms with Gasteiger partial charge in [-0.15, -0.1) is 0 Å². The first-order valence-corrected chi connectivity index (χ1v) is 11.3. The fourth-order valence-corrected chi connectivity index (χ4v) is 4.79. The summed E-state index contributed by atoms with van der Waals surface area (Å²) in [6.07, 6.45) is 1.90. The van der Waals surface area contributed by atoms with E-state index in [9.17, 15) is 4.79 Å². The zero-order valence-corrected chi connectivity index (χ0v) is 19.3. The molecule has 0 unspecified atom stereocenters. The summed E-state index contributed by atoms with van der Waals surface area (Å²) in [5, 5.41) is 5.62. The predicted octanol–water partition coefficient (Wildman–Crippen LogP) is 4.33. The average Bonchev–Trinajstić information content (AvgIpc) is 3.52. The Kier molecular flexibility index (Phi) is 5.09. The van der Waals surface area contributed by atoms with Crippen LogP contribution in [0.3, 0.4) is 0 Å². The third-order valence-electron chi connectivity index (χ3n) is 7.14. The number of benzene rings is 3. The zero-order chi connectivity index (χ0) is 22.5. The monoisotopic (exact) mass is 429 g/mol. The molecule has 1 amide bonds. The number of nitrogens with one attached hydrogen (secondary N) is 1. The normalized spacial score (nSPS) is 17.3. The number of nitrogens with zero attached hydrogens (tertiary/aromatic N) is 2. The number of hydrogen-bond acceptors (Lipinski definition) is 4. The van der Waals surface area contributed by atoms with Crippen molar-refractivity contribution in [1.82, 2.24) is 10.2 Å². The minimum atomic E-state index is -0.307. The van der Waals surface area contributed by atoms with Gasteiger partial charge in [-0.3, -0.25) is 4.79 Å². The molecule has 0 radical (unpaired) electrons. The van der Waals surface area contributed by atoms with Gasteiger partial charge in [0.15, 0.2) is 0 Å². The van der Waals surface area contributed by atoms with Crippen molar-refractivity contribution < 1.29 is 9.53 Å². The molecule has 3 aromatic carbocycles. The summed E-state index contributed by atoms with van der Waals surface area (Å²) < 4.78 is 5.56. The Bertz CT molecular complexity index is 1180. The van der Waals surface area contributed by atoms with E-state index in [1.807, 2.05) is 19.1 Å². The minimum Gasteiger partial charge on any atom is -0.496 e. The molecule has 3 aromatic rings. The molecule has 5 nitrogen and oxygen atoms in total. The Balaban J connectivity index is 1.41. The number of aryl methyl sites for hydroxylation is 1. The highest BCUT2D eigenvalue weighted by molar-refractivity contribution is 5.98. The van der Waals surface area contributed by atoms with Crippen LogP contribution in [0, 0.1) is 6.92 Å². The Morgan fingerprint density at radius 2 is 1.78 bits per heavy atom. The van der Waals surface area contributed by atoms with Gasteiger partial charge in [0.25, 0.3) is 5.91 Å². The minimum absolute atomic E-state index is 0.00596. The second-order valence-electron chi connectivity index (χ2n) is 9.42. The fraction of sp³-hybridized carbons (Fsp3) is 0.370. The van der Waals surface area contributed by atoms with Gasteiger partial charge in [-0.05, 0) is 68.6 Å². The summed E-state index contributed by atoms with van der Waals surface area (Å²) in [4.78, 5) is 18.0. The third-order valence-corrected chi connectivity index (χ3v) is 7.14. The van der Waals surface area contributed by atoms with Gasteiger partial charge in [-0.1, -0.05) is 36.4 Å². The van der Waals surface area contributed by atoms with Gasteiger partial charge in [0, 0.05) is 35.8 Å². The summed E-state index contributed by atoms with van der Waals surface area (Å²) in [6.45, 7) is 4.01. The molecule has 1 N–H and O–H groups in total. The molecular formula is C27H31N3O2. The van der Waals surface area contributed by atoms with E-state index in [0.717, 1.165) is 59.3 Å². The molecule has 166 valence electrons. The smallest absolute Gasteiger partial charge is 0.252 e. The van der Waals surface area contributed by atoms with Crippen LogP contribution in [0.15, 0.2) is 54.6 Å². The van der Waals surface area contributed by atoms with Crippen molar-refractivity contribution in [2.24, 2.45) is 0 Å². The molecule has 1 saturated heterocycles. The van der Waals surface area contributed by atoms with E-state index in [0.29, 0.717) is 6.04 Å². The standard InChI is InChI=1S/C27H31N3O2/c1-18-11-12-19(30-16-20(17-30)29(2)3)15-23(18)26(31)28-27(13-14-27)24-9-5-8-22-21(24)7-6-10-25(22)32-4/h5-12,15,20H,13-14,16-17H2,1-4H3,(H,28,31). The van der Waals surface area contributed by atoms with E-state index in [4.69, 9.17) is 4.74 Å². The van der Waals surface area contributed by atoms with Crippen LogP contribution in [-0.4, -0.2) is 51.1 Å². The van der Waals surface area contributed by atoms with Crippen LogP contribution >= 0.6 is 0 Å². The number of carbonyl (C=O) groups is 1.